The molecule has 0 aromatic heterocycles. The van der Waals surface area contributed by atoms with E-state index in [-0.39, 0.29) is 18.0 Å². The number of anilines is 1. The summed E-state index contributed by atoms with van der Waals surface area (Å²) in [4.78, 5) is 11.7. The van der Waals surface area contributed by atoms with E-state index in [1.165, 1.54) is 12.1 Å². The Kier molecular flexibility index (Phi) is 4.36. The molecule has 0 saturated carbocycles. The molecule has 0 aliphatic heterocycles. The Bertz CT molecular complexity index is 710. The summed E-state index contributed by atoms with van der Waals surface area (Å²) >= 11 is 0. The lowest BCUT2D eigenvalue weighted by Crippen LogP contribution is -2.20. The highest BCUT2D eigenvalue weighted by atomic mass is 19.1. The van der Waals surface area contributed by atoms with Gasteiger partial charge in [0.1, 0.15) is 17.3 Å². The summed E-state index contributed by atoms with van der Waals surface area (Å²) < 4.78 is 18.0. The van der Waals surface area contributed by atoms with Gasteiger partial charge in [-0.2, -0.15) is 5.26 Å². The van der Waals surface area contributed by atoms with Crippen molar-refractivity contribution in [3.05, 3.63) is 53.8 Å². The summed E-state index contributed by atoms with van der Waals surface area (Å²) in [5.74, 6) is -1.10. The van der Waals surface area contributed by atoms with E-state index in [0.29, 0.717) is 11.3 Å². The Morgan fingerprint density at radius 2 is 2.14 bits per heavy atom. The minimum absolute atomic E-state index is 0.0933. The average molecular weight is 286 g/mol. The first-order valence-corrected chi connectivity index (χ1v) is 6.00. The summed E-state index contributed by atoms with van der Waals surface area (Å²) in [6, 6.07) is 11.6. The lowest BCUT2D eigenvalue weighted by molar-refractivity contribution is -0.118. The number of hydrogen-bond acceptors (Lipinski definition) is 4. The van der Waals surface area contributed by atoms with Crippen LogP contribution in [0, 0.1) is 17.1 Å². The quantitative estimate of drug-likeness (QED) is 0.846. The lowest BCUT2D eigenvalue weighted by Gasteiger charge is -2.09. The monoisotopic (exact) mass is 286 g/mol. The highest BCUT2D eigenvalue weighted by Gasteiger charge is 2.08. The van der Waals surface area contributed by atoms with Crippen molar-refractivity contribution in [3.8, 4) is 17.6 Å². The van der Waals surface area contributed by atoms with Crippen molar-refractivity contribution >= 4 is 11.6 Å². The third kappa shape index (κ3) is 3.94. The molecule has 2 aromatic rings. The highest BCUT2D eigenvalue weighted by Crippen LogP contribution is 2.23. The fourth-order valence-corrected chi connectivity index (χ4v) is 1.60. The first-order chi connectivity index (χ1) is 10.1. The Labute approximate surface area is 120 Å². The summed E-state index contributed by atoms with van der Waals surface area (Å²) in [5, 5.41) is 20.6. The third-order valence-corrected chi connectivity index (χ3v) is 2.57. The van der Waals surface area contributed by atoms with E-state index in [1.54, 1.807) is 18.2 Å². The van der Waals surface area contributed by atoms with Crippen LogP contribution in [0.25, 0.3) is 0 Å². The van der Waals surface area contributed by atoms with Crippen LogP contribution in [0.3, 0.4) is 0 Å². The highest BCUT2D eigenvalue weighted by molar-refractivity contribution is 5.93. The molecule has 0 spiro atoms. The topological polar surface area (TPSA) is 82.3 Å². The second-order valence-electron chi connectivity index (χ2n) is 4.14. The normalized spacial score (nSPS) is 9.71. The number of carbonyl (C=O) groups is 1. The number of nitrogens with zero attached hydrogens (tertiary/aromatic N) is 1. The predicted octanol–water partition coefficient (Wildman–Crippen LogP) is 2.42. The summed E-state index contributed by atoms with van der Waals surface area (Å²) in [5.41, 5.74) is 0.514. The molecule has 6 heteroatoms. The van der Waals surface area contributed by atoms with Crippen LogP contribution < -0.4 is 10.1 Å². The molecule has 0 atom stereocenters. The lowest BCUT2D eigenvalue weighted by atomic mass is 10.2. The zero-order valence-corrected chi connectivity index (χ0v) is 10.8. The number of ether oxygens (including phenoxy) is 1. The summed E-state index contributed by atoms with van der Waals surface area (Å²) in [6.45, 7) is -0.300. The Hall–Kier alpha value is -3.07. The average Bonchev–Trinajstić information content (AvgIpc) is 2.48. The van der Waals surface area contributed by atoms with Crippen molar-refractivity contribution in [3.63, 3.8) is 0 Å². The van der Waals surface area contributed by atoms with Gasteiger partial charge in [0.2, 0.25) is 0 Å². The minimum atomic E-state index is -0.602. The molecule has 21 heavy (non-hydrogen) atoms. The maximum atomic E-state index is 12.8. The molecule has 106 valence electrons. The molecule has 0 fully saturated rings. The zero-order chi connectivity index (χ0) is 15.2. The molecule has 0 saturated heterocycles. The fourth-order valence-electron chi connectivity index (χ4n) is 1.60. The van der Waals surface area contributed by atoms with E-state index in [2.05, 4.69) is 5.32 Å². The standard InChI is InChI=1S/C15H11FN2O3/c16-11-4-5-13(14(19)7-11)18-15(20)9-21-12-3-1-2-10(6-12)8-17/h1-7,19H,9H2,(H,18,20). The van der Waals surface area contributed by atoms with E-state index in [9.17, 15) is 14.3 Å². The van der Waals surface area contributed by atoms with Gasteiger partial charge in [-0.15, -0.1) is 0 Å². The molecule has 0 unspecified atom stereocenters. The first kappa shape index (κ1) is 14.3. The SMILES string of the molecule is N#Cc1cccc(OCC(=O)Nc2ccc(F)cc2O)c1. The molecule has 2 rings (SSSR count). The predicted molar refractivity (Wildman–Crippen MR) is 73.3 cm³/mol. The molecule has 0 aliphatic rings. The van der Waals surface area contributed by atoms with Crippen LogP contribution >= 0.6 is 0 Å². The van der Waals surface area contributed by atoms with Gasteiger partial charge in [-0.1, -0.05) is 6.07 Å². The van der Waals surface area contributed by atoms with Crippen LogP contribution in [-0.4, -0.2) is 17.6 Å². The number of halogens is 1. The summed E-state index contributed by atoms with van der Waals surface area (Å²) in [7, 11) is 0. The van der Waals surface area contributed by atoms with Crippen LogP contribution in [-0.2, 0) is 4.79 Å². The van der Waals surface area contributed by atoms with Crippen LogP contribution in [0.4, 0.5) is 10.1 Å². The number of amides is 1. The number of nitriles is 1. The number of aromatic hydroxyl groups is 1. The fraction of sp³-hybridized carbons (Fsp3) is 0.0667. The zero-order valence-electron chi connectivity index (χ0n) is 10.8. The molecular formula is C15H11FN2O3. The second kappa shape index (κ2) is 6.39. The molecule has 0 heterocycles. The number of rotatable bonds is 4. The number of phenols is 1. The van der Waals surface area contributed by atoms with E-state index in [4.69, 9.17) is 10.00 Å². The molecule has 0 radical (unpaired) electrons. The smallest absolute Gasteiger partial charge is 0.262 e. The minimum Gasteiger partial charge on any atom is -0.506 e. The van der Waals surface area contributed by atoms with Crippen LogP contribution in [0.2, 0.25) is 0 Å². The Morgan fingerprint density at radius 3 is 2.86 bits per heavy atom. The van der Waals surface area contributed by atoms with Gasteiger partial charge in [0, 0.05) is 6.07 Å². The second-order valence-corrected chi connectivity index (χ2v) is 4.14. The van der Waals surface area contributed by atoms with Crippen LogP contribution in [0.5, 0.6) is 11.5 Å². The molecule has 2 aromatic carbocycles. The molecule has 0 aliphatic carbocycles. The number of carbonyl (C=O) groups excluding carboxylic acids is 1. The van der Waals surface area contributed by atoms with Crippen molar-refractivity contribution in [1.82, 2.24) is 0 Å². The van der Waals surface area contributed by atoms with E-state index < -0.39 is 11.7 Å². The first-order valence-electron chi connectivity index (χ1n) is 6.00. The van der Waals surface area contributed by atoms with Crippen LogP contribution in [0.1, 0.15) is 5.56 Å². The van der Waals surface area contributed by atoms with Crippen LogP contribution in [0.15, 0.2) is 42.5 Å². The maximum Gasteiger partial charge on any atom is 0.262 e. The number of phenolic OH excluding ortho intramolecular Hbond substituents is 1. The van der Waals surface area contributed by atoms with Gasteiger partial charge in [-0.25, -0.2) is 4.39 Å². The molecule has 0 bridgehead atoms. The Morgan fingerprint density at radius 1 is 1.33 bits per heavy atom. The third-order valence-electron chi connectivity index (χ3n) is 2.57. The van der Waals surface area contributed by atoms with Gasteiger partial charge in [-0.3, -0.25) is 4.79 Å². The van der Waals surface area contributed by atoms with Gasteiger partial charge in [0.25, 0.3) is 5.91 Å². The van der Waals surface area contributed by atoms with E-state index >= 15 is 0 Å². The van der Waals surface area contributed by atoms with Gasteiger partial charge in [-0.05, 0) is 30.3 Å². The Balaban J connectivity index is 1.94. The summed E-state index contributed by atoms with van der Waals surface area (Å²) in [6.07, 6.45) is 0. The molecule has 1 amide bonds. The van der Waals surface area contributed by atoms with Gasteiger partial charge in [0.05, 0.1) is 17.3 Å². The number of hydrogen-bond donors (Lipinski definition) is 2. The maximum absolute atomic E-state index is 12.8. The van der Waals surface area contributed by atoms with Gasteiger partial charge in [0.15, 0.2) is 6.61 Å². The van der Waals surface area contributed by atoms with Crippen molar-refractivity contribution < 1.29 is 19.0 Å². The molecule has 2 N–H and O–H groups in total. The number of nitrogens with one attached hydrogen (secondary N) is 1. The van der Waals surface area contributed by atoms with Crippen molar-refractivity contribution in [1.29, 1.82) is 5.26 Å². The van der Waals surface area contributed by atoms with E-state index in [1.807, 2.05) is 6.07 Å². The van der Waals surface area contributed by atoms with Crippen molar-refractivity contribution in [2.75, 3.05) is 11.9 Å². The number of benzene rings is 2. The van der Waals surface area contributed by atoms with Crippen molar-refractivity contribution in [2.24, 2.45) is 0 Å². The van der Waals surface area contributed by atoms with Gasteiger partial charge < -0.3 is 15.2 Å². The largest absolute Gasteiger partial charge is 0.506 e. The molecular weight excluding hydrogens is 275 g/mol. The molecule has 5 nitrogen and oxygen atoms in total. The van der Waals surface area contributed by atoms with E-state index in [0.717, 1.165) is 12.1 Å². The van der Waals surface area contributed by atoms with Crippen molar-refractivity contribution in [2.45, 2.75) is 0 Å². The van der Waals surface area contributed by atoms with Gasteiger partial charge >= 0.3 is 0 Å².